The molecule has 1 rings (SSSR count). The quantitative estimate of drug-likeness (QED) is 0.594. The lowest BCUT2D eigenvalue weighted by atomic mass is 10.1. The standard InChI is InChI=1S/C12H13ClF3NO4/c1-3-20-10(18)4-7-8(5-13)9(19-2)6-17-11(7)21-12(14,15)16/h6H,3-5H2,1-2H3. The summed E-state index contributed by atoms with van der Waals surface area (Å²) in [7, 11) is 1.31. The van der Waals surface area contributed by atoms with Crippen LogP contribution in [0.1, 0.15) is 18.1 Å². The van der Waals surface area contributed by atoms with Crippen molar-refractivity contribution < 1.29 is 32.2 Å². The lowest BCUT2D eigenvalue weighted by molar-refractivity contribution is -0.276. The Balaban J connectivity index is 3.26. The first-order valence-electron chi connectivity index (χ1n) is 5.84. The second kappa shape index (κ2) is 7.35. The monoisotopic (exact) mass is 327 g/mol. The molecule has 1 aromatic rings. The summed E-state index contributed by atoms with van der Waals surface area (Å²) in [6.45, 7) is 1.68. The van der Waals surface area contributed by atoms with Crippen molar-refractivity contribution in [2.45, 2.75) is 25.6 Å². The van der Waals surface area contributed by atoms with Crippen molar-refractivity contribution in [2.24, 2.45) is 0 Å². The van der Waals surface area contributed by atoms with Crippen LogP contribution in [0.15, 0.2) is 6.20 Å². The smallest absolute Gasteiger partial charge is 0.495 e. The van der Waals surface area contributed by atoms with Crippen molar-refractivity contribution in [2.75, 3.05) is 13.7 Å². The molecule has 0 fully saturated rings. The first kappa shape index (κ1) is 17.4. The number of methoxy groups -OCH3 is 1. The maximum atomic E-state index is 12.4. The summed E-state index contributed by atoms with van der Waals surface area (Å²) >= 11 is 5.72. The highest BCUT2D eigenvalue weighted by Crippen LogP contribution is 2.33. The topological polar surface area (TPSA) is 57.7 Å². The van der Waals surface area contributed by atoms with E-state index in [1.165, 1.54) is 7.11 Å². The largest absolute Gasteiger partial charge is 0.574 e. The first-order valence-corrected chi connectivity index (χ1v) is 6.37. The van der Waals surface area contributed by atoms with Crippen LogP contribution in [-0.4, -0.2) is 31.0 Å². The summed E-state index contributed by atoms with van der Waals surface area (Å²) in [6.07, 6.45) is -4.34. The molecule has 0 saturated heterocycles. The van der Waals surface area contributed by atoms with Crippen LogP contribution in [0, 0.1) is 0 Å². The predicted molar refractivity (Wildman–Crippen MR) is 67.4 cm³/mol. The third-order valence-corrected chi connectivity index (χ3v) is 2.68. The number of alkyl halides is 4. The number of carbonyl (C=O) groups excluding carboxylic acids is 1. The Hall–Kier alpha value is -1.70. The number of ether oxygens (including phenoxy) is 3. The van der Waals surface area contributed by atoms with Crippen LogP contribution in [0.3, 0.4) is 0 Å². The molecule has 0 bridgehead atoms. The van der Waals surface area contributed by atoms with Crippen LogP contribution < -0.4 is 9.47 Å². The van der Waals surface area contributed by atoms with Crippen molar-refractivity contribution in [3.8, 4) is 11.6 Å². The summed E-state index contributed by atoms with van der Waals surface area (Å²) in [5.41, 5.74) is 0.0848. The summed E-state index contributed by atoms with van der Waals surface area (Å²) in [5, 5.41) is 0. The molecule has 21 heavy (non-hydrogen) atoms. The SMILES string of the molecule is CCOC(=O)Cc1c(OC(F)(F)F)ncc(OC)c1CCl. The number of halogens is 4. The minimum atomic E-state index is -4.94. The van der Waals surface area contributed by atoms with E-state index in [1.807, 2.05) is 0 Å². The second-order valence-corrected chi connectivity index (χ2v) is 4.02. The van der Waals surface area contributed by atoms with Crippen LogP contribution in [0.25, 0.3) is 0 Å². The summed E-state index contributed by atoms with van der Waals surface area (Å²) < 4.78 is 50.7. The third kappa shape index (κ3) is 4.96. The second-order valence-electron chi connectivity index (χ2n) is 3.75. The van der Waals surface area contributed by atoms with Gasteiger partial charge in [-0.25, -0.2) is 4.98 Å². The van der Waals surface area contributed by atoms with Gasteiger partial charge in [-0.05, 0) is 6.92 Å². The molecule has 0 radical (unpaired) electrons. The fraction of sp³-hybridized carbons (Fsp3) is 0.500. The Labute approximate surface area is 124 Å². The lowest BCUT2D eigenvalue weighted by Gasteiger charge is -2.16. The number of rotatable bonds is 6. The molecule has 9 heteroatoms. The van der Waals surface area contributed by atoms with Gasteiger partial charge in [0.1, 0.15) is 5.75 Å². The van der Waals surface area contributed by atoms with E-state index in [9.17, 15) is 18.0 Å². The summed E-state index contributed by atoms with van der Waals surface area (Å²) in [6, 6.07) is 0. The summed E-state index contributed by atoms with van der Waals surface area (Å²) in [5.74, 6) is -1.47. The van der Waals surface area contributed by atoms with Gasteiger partial charge in [0.25, 0.3) is 0 Å². The Morgan fingerprint density at radius 2 is 2.05 bits per heavy atom. The lowest BCUT2D eigenvalue weighted by Crippen LogP contribution is -2.21. The number of esters is 1. The number of hydrogen-bond acceptors (Lipinski definition) is 5. The molecule has 0 atom stereocenters. The van der Waals surface area contributed by atoms with Gasteiger partial charge in [0, 0.05) is 11.1 Å². The molecule has 1 heterocycles. The number of nitrogens with zero attached hydrogens (tertiary/aromatic N) is 1. The molecule has 5 nitrogen and oxygen atoms in total. The molecule has 1 aromatic heterocycles. The zero-order chi connectivity index (χ0) is 16.0. The highest BCUT2D eigenvalue weighted by molar-refractivity contribution is 6.17. The Bertz CT molecular complexity index is 508. The third-order valence-electron chi connectivity index (χ3n) is 2.41. The first-order chi connectivity index (χ1) is 9.82. The molecular weight excluding hydrogens is 315 g/mol. The minimum Gasteiger partial charge on any atom is -0.495 e. The molecule has 0 aromatic carbocycles. The van der Waals surface area contributed by atoms with Gasteiger partial charge in [-0.15, -0.1) is 24.8 Å². The van der Waals surface area contributed by atoms with Crippen LogP contribution in [-0.2, 0) is 21.8 Å². The van der Waals surface area contributed by atoms with Gasteiger partial charge in [-0.3, -0.25) is 4.79 Å². The Morgan fingerprint density at radius 3 is 2.52 bits per heavy atom. The molecule has 0 saturated carbocycles. The van der Waals surface area contributed by atoms with E-state index in [0.717, 1.165) is 6.20 Å². The average Bonchev–Trinajstić information content (AvgIpc) is 2.39. The van der Waals surface area contributed by atoms with Crippen molar-refractivity contribution in [1.29, 1.82) is 0 Å². The fourth-order valence-electron chi connectivity index (χ4n) is 1.61. The molecule has 118 valence electrons. The predicted octanol–water partition coefficient (Wildman–Crippen LogP) is 2.83. The van der Waals surface area contributed by atoms with Crippen molar-refractivity contribution in [3.05, 3.63) is 17.3 Å². The Kier molecular flexibility index (Phi) is 6.07. The van der Waals surface area contributed by atoms with Gasteiger partial charge >= 0.3 is 12.3 Å². The van der Waals surface area contributed by atoms with Crippen LogP contribution in [0.4, 0.5) is 13.2 Å². The van der Waals surface area contributed by atoms with E-state index >= 15 is 0 Å². The molecule has 0 spiro atoms. The zero-order valence-corrected chi connectivity index (χ0v) is 12.0. The van der Waals surface area contributed by atoms with Gasteiger partial charge in [0.15, 0.2) is 0 Å². The van der Waals surface area contributed by atoms with Crippen molar-refractivity contribution in [3.63, 3.8) is 0 Å². The van der Waals surface area contributed by atoms with E-state index in [-0.39, 0.29) is 29.4 Å². The minimum absolute atomic E-state index is 0.0991. The van der Waals surface area contributed by atoms with E-state index < -0.39 is 24.6 Å². The highest BCUT2D eigenvalue weighted by Gasteiger charge is 2.34. The van der Waals surface area contributed by atoms with E-state index in [1.54, 1.807) is 6.92 Å². The van der Waals surface area contributed by atoms with Crippen LogP contribution in [0.2, 0.25) is 0 Å². The van der Waals surface area contributed by atoms with Gasteiger partial charge in [-0.2, -0.15) is 0 Å². The average molecular weight is 328 g/mol. The maximum absolute atomic E-state index is 12.4. The number of hydrogen-bond donors (Lipinski definition) is 0. The van der Waals surface area contributed by atoms with Crippen molar-refractivity contribution >= 4 is 17.6 Å². The molecule has 0 N–H and O–H groups in total. The molecule has 0 unspecified atom stereocenters. The number of pyridine rings is 1. The van der Waals surface area contributed by atoms with Gasteiger partial charge < -0.3 is 14.2 Å². The van der Waals surface area contributed by atoms with E-state index in [4.69, 9.17) is 21.1 Å². The van der Waals surface area contributed by atoms with Gasteiger partial charge in [0.05, 0.1) is 32.2 Å². The Morgan fingerprint density at radius 1 is 1.38 bits per heavy atom. The van der Waals surface area contributed by atoms with Crippen LogP contribution >= 0.6 is 11.6 Å². The van der Waals surface area contributed by atoms with E-state index in [2.05, 4.69) is 9.72 Å². The molecule has 0 amide bonds. The van der Waals surface area contributed by atoms with E-state index in [0.29, 0.717) is 0 Å². The fourth-order valence-corrected chi connectivity index (χ4v) is 1.90. The summed E-state index contributed by atoms with van der Waals surface area (Å²) in [4.78, 5) is 15.1. The zero-order valence-electron chi connectivity index (χ0n) is 11.3. The molecule has 0 aliphatic carbocycles. The van der Waals surface area contributed by atoms with Crippen LogP contribution in [0.5, 0.6) is 11.6 Å². The van der Waals surface area contributed by atoms with Gasteiger partial charge in [0.2, 0.25) is 5.88 Å². The molecule has 0 aliphatic heterocycles. The maximum Gasteiger partial charge on any atom is 0.574 e. The normalized spacial score (nSPS) is 11.1. The van der Waals surface area contributed by atoms with Gasteiger partial charge in [-0.1, -0.05) is 0 Å². The van der Waals surface area contributed by atoms with Crippen molar-refractivity contribution in [1.82, 2.24) is 4.98 Å². The molecular formula is C12H13ClF3NO4. The molecule has 0 aliphatic rings. The number of aromatic nitrogens is 1. The number of carbonyl (C=O) groups is 1. The highest BCUT2D eigenvalue weighted by atomic mass is 35.5.